The Balaban J connectivity index is 1.82. The Morgan fingerprint density at radius 2 is 2.21 bits per heavy atom. The van der Waals surface area contributed by atoms with Crippen LogP contribution in [0.4, 0.5) is 0 Å². The maximum Gasteiger partial charge on any atom is 0.238 e. The molecule has 1 unspecified atom stereocenters. The lowest BCUT2D eigenvalue weighted by atomic mass is 9.77. The molecule has 2 aliphatic rings. The number of halogens is 1. The van der Waals surface area contributed by atoms with Gasteiger partial charge in [0.2, 0.25) is 5.91 Å². The van der Waals surface area contributed by atoms with Crippen molar-refractivity contribution in [2.45, 2.75) is 37.6 Å². The number of nitrogens with two attached hydrogens (primary N) is 1. The third-order valence-electron chi connectivity index (χ3n) is 4.38. The number of benzene rings is 1. The Morgan fingerprint density at radius 1 is 1.42 bits per heavy atom. The van der Waals surface area contributed by atoms with Gasteiger partial charge >= 0.3 is 0 Å². The molecule has 0 heterocycles. The van der Waals surface area contributed by atoms with E-state index in [2.05, 4.69) is 33.4 Å². The van der Waals surface area contributed by atoms with Crippen LogP contribution in [0.25, 0.3) is 0 Å². The number of nitrogens with one attached hydrogen (secondary N) is 1. The molecule has 0 aliphatic heterocycles. The van der Waals surface area contributed by atoms with Crippen LogP contribution in [0.3, 0.4) is 0 Å². The number of amides is 1. The van der Waals surface area contributed by atoms with Crippen LogP contribution in [0.5, 0.6) is 0 Å². The summed E-state index contributed by atoms with van der Waals surface area (Å²) in [6.07, 6.45) is 5.00. The van der Waals surface area contributed by atoms with Gasteiger partial charge in [-0.2, -0.15) is 0 Å². The fraction of sp³-hybridized carbons (Fsp3) is 0.533. The molecule has 0 spiro atoms. The van der Waals surface area contributed by atoms with Gasteiger partial charge in [-0.15, -0.1) is 0 Å². The second-order valence-corrected chi connectivity index (χ2v) is 6.78. The fourth-order valence-corrected chi connectivity index (χ4v) is 3.28. The van der Waals surface area contributed by atoms with E-state index in [0.29, 0.717) is 0 Å². The standard InChI is InChI=1S/C15H19BrN2O/c16-13-4-3-12-8-15(14(17)19,6-5-11(12)7-13)18-9-10-1-2-10/h3-4,7,10,18H,1-2,5-6,8-9H2,(H2,17,19). The van der Waals surface area contributed by atoms with Crippen molar-refractivity contribution in [3.05, 3.63) is 33.8 Å². The monoisotopic (exact) mass is 322 g/mol. The van der Waals surface area contributed by atoms with Gasteiger partial charge in [0, 0.05) is 4.47 Å². The van der Waals surface area contributed by atoms with E-state index in [-0.39, 0.29) is 5.91 Å². The average molecular weight is 323 g/mol. The van der Waals surface area contributed by atoms with Crippen LogP contribution < -0.4 is 11.1 Å². The number of primary amides is 1. The van der Waals surface area contributed by atoms with E-state index in [1.807, 2.05) is 6.07 Å². The quantitative estimate of drug-likeness (QED) is 0.892. The van der Waals surface area contributed by atoms with Gasteiger partial charge in [-0.1, -0.05) is 22.0 Å². The summed E-state index contributed by atoms with van der Waals surface area (Å²) in [4.78, 5) is 11.9. The normalized spacial score (nSPS) is 25.9. The molecule has 1 aromatic carbocycles. The average Bonchev–Trinajstić information content (AvgIpc) is 3.20. The van der Waals surface area contributed by atoms with Crippen LogP contribution in [-0.4, -0.2) is 18.0 Å². The summed E-state index contributed by atoms with van der Waals surface area (Å²) in [5.41, 5.74) is 7.73. The molecule has 102 valence electrons. The first-order valence-corrected chi connectivity index (χ1v) is 7.71. The SMILES string of the molecule is NC(=O)C1(NCC2CC2)CCc2cc(Br)ccc2C1. The van der Waals surface area contributed by atoms with Crippen molar-refractivity contribution in [2.24, 2.45) is 11.7 Å². The Labute approximate surface area is 122 Å². The second-order valence-electron chi connectivity index (χ2n) is 5.86. The highest BCUT2D eigenvalue weighted by Crippen LogP contribution is 2.33. The van der Waals surface area contributed by atoms with Crippen molar-refractivity contribution in [1.82, 2.24) is 5.32 Å². The predicted octanol–water partition coefficient (Wildman–Crippen LogP) is 2.16. The van der Waals surface area contributed by atoms with Crippen LogP contribution in [0.2, 0.25) is 0 Å². The van der Waals surface area contributed by atoms with E-state index < -0.39 is 5.54 Å². The Kier molecular flexibility index (Phi) is 3.39. The maximum absolute atomic E-state index is 11.9. The summed E-state index contributed by atoms with van der Waals surface area (Å²) in [6, 6.07) is 6.30. The zero-order chi connectivity index (χ0) is 13.5. The summed E-state index contributed by atoms with van der Waals surface area (Å²) < 4.78 is 1.10. The number of hydrogen-bond acceptors (Lipinski definition) is 2. The molecular weight excluding hydrogens is 304 g/mol. The molecule has 1 fully saturated rings. The van der Waals surface area contributed by atoms with Gasteiger partial charge in [-0.3, -0.25) is 4.79 Å². The highest BCUT2D eigenvalue weighted by Gasteiger charge is 2.40. The third kappa shape index (κ3) is 2.70. The first kappa shape index (κ1) is 13.1. The summed E-state index contributed by atoms with van der Waals surface area (Å²) in [5, 5.41) is 3.47. The Bertz CT molecular complexity index is 513. The molecule has 3 rings (SSSR count). The topological polar surface area (TPSA) is 55.1 Å². The number of carbonyl (C=O) groups is 1. The molecule has 3 nitrogen and oxygen atoms in total. The van der Waals surface area contributed by atoms with Crippen molar-refractivity contribution in [3.63, 3.8) is 0 Å². The van der Waals surface area contributed by atoms with Crippen LogP contribution in [0.15, 0.2) is 22.7 Å². The van der Waals surface area contributed by atoms with Gasteiger partial charge in [-0.25, -0.2) is 0 Å². The van der Waals surface area contributed by atoms with Crippen molar-refractivity contribution in [1.29, 1.82) is 0 Å². The number of rotatable bonds is 4. The number of fused-ring (bicyclic) bond motifs is 1. The number of hydrogen-bond donors (Lipinski definition) is 2. The molecule has 19 heavy (non-hydrogen) atoms. The smallest absolute Gasteiger partial charge is 0.238 e. The van der Waals surface area contributed by atoms with E-state index in [0.717, 1.165) is 36.2 Å². The third-order valence-corrected chi connectivity index (χ3v) is 4.87. The van der Waals surface area contributed by atoms with Crippen LogP contribution in [-0.2, 0) is 17.6 Å². The largest absolute Gasteiger partial charge is 0.368 e. The van der Waals surface area contributed by atoms with Gasteiger partial charge in [0.25, 0.3) is 0 Å². The molecule has 0 bridgehead atoms. The molecule has 3 N–H and O–H groups in total. The first-order valence-electron chi connectivity index (χ1n) is 6.91. The lowest BCUT2D eigenvalue weighted by Gasteiger charge is -2.36. The van der Waals surface area contributed by atoms with Crippen LogP contribution in [0, 0.1) is 5.92 Å². The second kappa shape index (κ2) is 4.91. The maximum atomic E-state index is 11.9. The number of carbonyl (C=O) groups excluding carboxylic acids is 1. The van der Waals surface area contributed by atoms with Crippen molar-refractivity contribution >= 4 is 21.8 Å². The molecule has 1 saturated carbocycles. The predicted molar refractivity (Wildman–Crippen MR) is 78.8 cm³/mol. The highest BCUT2D eigenvalue weighted by atomic mass is 79.9. The summed E-state index contributed by atoms with van der Waals surface area (Å²) in [5.74, 6) is 0.546. The van der Waals surface area contributed by atoms with Gasteiger partial charge < -0.3 is 11.1 Å². The lowest BCUT2D eigenvalue weighted by molar-refractivity contribution is -0.125. The van der Waals surface area contributed by atoms with E-state index in [1.54, 1.807) is 0 Å². The summed E-state index contributed by atoms with van der Waals surface area (Å²) in [7, 11) is 0. The zero-order valence-corrected chi connectivity index (χ0v) is 12.5. The van der Waals surface area contributed by atoms with Crippen molar-refractivity contribution < 1.29 is 4.79 Å². The van der Waals surface area contributed by atoms with Gasteiger partial charge in [0.05, 0.1) is 0 Å². The molecule has 1 atom stereocenters. The van der Waals surface area contributed by atoms with Crippen LogP contribution >= 0.6 is 15.9 Å². The molecule has 0 radical (unpaired) electrons. The Hall–Kier alpha value is -0.870. The minimum atomic E-state index is -0.538. The van der Waals surface area contributed by atoms with E-state index >= 15 is 0 Å². The van der Waals surface area contributed by atoms with Crippen molar-refractivity contribution in [3.8, 4) is 0 Å². The number of aryl methyl sites for hydroxylation is 1. The lowest BCUT2D eigenvalue weighted by Crippen LogP contribution is -2.59. The summed E-state index contributed by atoms with van der Waals surface area (Å²) >= 11 is 3.50. The molecule has 1 aromatic rings. The van der Waals surface area contributed by atoms with Gasteiger partial charge in [0.1, 0.15) is 5.54 Å². The first-order chi connectivity index (χ1) is 9.09. The minimum absolute atomic E-state index is 0.207. The van der Waals surface area contributed by atoms with Gasteiger partial charge in [-0.05, 0) is 67.8 Å². The van der Waals surface area contributed by atoms with Gasteiger partial charge in [0.15, 0.2) is 0 Å². The highest BCUT2D eigenvalue weighted by molar-refractivity contribution is 9.10. The molecule has 1 amide bonds. The van der Waals surface area contributed by atoms with E-state index in [9.17, 15) is 4.79 Å². The summed E-state index contributed by atoms with van der Waals surface area (Å²) in [6.45, 7) is 0.925. The van der Waals surface area contributed by atoms with Crippen molar-refractivity contribution in [2.75, 3.05) is 6.54 Å². The van der Waals surface area contributed by atoms with E-state index in [4.69, 9.17) is 5.73 Å². The molecular formula is C15H19BrN2O. The fourth-order valence-electron chi connectivity index (χ4n) is 2.87. The Morgan fingerprint density at radius 3 is 2.89 bits per heavy atom. The van der Waals surface area contributed by atoms with Crippen LogP contribution in [0.1, 0.15) is 30.4 Å². The molecule has 0 aromatic heterocycles. The van der Waals surface area contributed by atoms with E-state index in [1.165, 1.54) is 24.0 Å². The molecule has 4 heteroatoms. The zero-order valence-electron chi connectivity index (χ0n) is 10.9. The molecule has 2 aliphatic carbocycles. The minimum Gasteiger partial charge on any atom is -0.368 e. The molecule has 0 saturated heterocycles.